The van der Waals surface area contributed by atoms with Crippen LogP contribution in [0.15, 0.2) is 41.7 Å². The van der Waals surface area contributed by atoms with Crippen molar-refractivity contribution in [1.82, 2.24) is 0 Å². The molecule has 0 N–H and O–H groups in total. The number of ether oxygens (including phenoxy) is 1. The minimum absolute atomic E-state index is 0.328. The van der Waals surface area contributed by atoms with Gasteiger partial charge in [-0.1, -0.05) is 24.8 Å². The van der Waals surface area contributed by atoms with E-state index in [9.17, 15) is 9.70 Å². The predicted molar refractivity (Wildman–Crippen MR) is 70.1 cm³/mol. The van der Waals surface area contributed by atoms with E-state index < -0.39 is 5.97 Å². The Kier molecular flexibility index (Phi) is 5.05. The van der Waals surface area contributed by atoms with E-state index in [0.717, 1.165) is 5.56 Å². The summed E-state index contributed by atoms with van der Waals surface area (Å²) in [5.74, 6) is -0.452. The zero-order valence-corrected chi connectivity index (χ0v) is 10.5. The third-order valence-electron chi connectivity index (χ3n) is 2.55. The summed E-state index contributed by atoms with van der Waals surface area (Å²) in [7, 11) is 1.31. The van der Waals surface area contributed by atoms with Crippen molar-refractivity contribution in [2.24, 2.45) is 5.29 Å². The summed E-state index contributed by atoms with van der Waals surface area (Å²) in [5.41, 5.74) is 1.83. The number of anilines is 1. The average Bonchev–Trinajstić information content (AvgIpc) is 2.41. The number of nitroso groups, excluding NO2 is 1. The Labute approximate surface area is 106 Å². The molecule has 0 aliphatic rings. The lowest BCUT2D eigenvalue weighted by Crippen LogP contribution is -2.16. The fourth-order valence-electron chi connectivity index (χ4n) is 1.63. The number of benzene rings is 1. The van der Waals surface area contributed by atoms with Gasteiger partial charge in [-0.05, 0) is 18.6 Å². The van der Waals surface area contributed by atoms with Crippen molar-refractivity contribution in [2.45, 2.75) is 13.3 Å². The van der Waals surface area contributed by atoms with Crippen LogP contribution in [0.1, 0.15) is 12.5 Å². The van der Waals surface area contributed by atoms with Gasteiger partial charge in [-0.25, -0.2) is 9.80 Å². The third kappa shape index (κ3) is 3.16. The van der Waals surface area contributed by atoms with Crippen LogP contribution in [0.4, 0.5) is 5.69 Å². The molecule has 0 fully saturated rings. The summed E-state index contributed by atoms with van der Waals surface area (Å²) in [6, 6.07) is 7.26. The van der Waals surface area contributed by atoms with Crippen LogP contribution in [-0.2, 0) is 16.0 Å². The Hall–Kier alpha value is -2.17. The monoisotopic (exact) mass is 248 g/mol. The van der Waals surface area contributed by atoms with Gasteiger partial charge in [0.05, 0.1) is 18.1 Å². The molecular weight excluding hydrogens is 232 g/mol. The Morgan fingerprint density at radius 3 is 2.67 bits per heavy atom. The molecule has 0 saturated heterocycles. The van der Waals surface area contributed by atoms with Gasteiger partial charge in [0.2, 0.25) is 0 Å². The minimum Gasteiger partial charge on any atom is -0.466 e. The van der Waals surface area contributed by atoms with Crippen LogP contribution in [0.25, 0.3) is 0 Å². The number of hydrogen-bond donors (Lipinski definition) is 0. The molecule has 18 heavy (non-hydrogen) atoms. The van der Waals surface area contributed by atoms with Crippen LogP contribution in [0.5, 0.6) is 0 Å². The minimum atomic E-state index is -0.452. The second-order valence-corrected chi connectivity index (χ2v) is 3.70. The SMILES string of the molecule is C=C(Cc1ccccc1N(CC)N=O)C(=O)OC. The number of carbonyl (C=O) groups excluding carboxylic acids is 1. The van der Waals surface area contributed by atoms with Gasteiger partial charge in [0.15, 0.2) is 0 Å². The lowest BCUT2D eigenvalue weighted by atomic mass is 10.0. The van der Waals surface area contributed by atoms with Gasteiger partial charge in [0, 0.05) is 18.5 Å². The van der Waals surface area contributed by atoms with Gasteiger partial charge in [-0.3, -0.25) is 0 Å². The fourth-order valence-corrected chi connectivity index (χ4v) is 1.63. The number of hydrogen-bond acceptors (Lipinski definition) is 4. The normalized spacial score (nSPS) is 9.67. The van der Waals surface area contributed by atoms with E-state index in [1.54, 1.807) is 6.07 Å². The van der Waals surface area contributed by atoms with Crippen molar-refractivity contribution in [3.05, 3.63) is 46.9 Å². The molecule has 5 heteroatoms. The molecule has 0 aromatic heterocycles. The first-order valence-electron chi connectivity index (χ1n) is 5.58. The summed E-state index contributed by atoms with van der Waals surface area (Å²) in [5, 5.41) is 4.28. The van der Waals surface area contributed by atoms with Gasteiger partial charge in [0.1, 0.15) is 0 Å². The van der Waals surface area contributed by atoms with E-state index in [0.29, 0.717) is 24.2 Å². The molecule has 1 rings (SSSR count). The van der Waals surface area contributed by atoms with E-state index in [4.69, 9.17) is 0 Å². The first-order chi connectivity index (χ1) is 8.63. The van der Waals surface area contributed by atoms with Crippen molar-refractivity contribution >= 4 is 11.7 Å². The maximum Gasteiger partial charge on any atom is 0.333 e. The van der Waals surface area contributed by atoms with Gasteiger partial charge < -0.3 is 4.74 Å². The standard InChI is InChI=1S/C13H16N2O3/c1-4-15(14-17)12-8-6-5-7-11(12)9-10(2)13(16)18-3/h5-8H,2,4,9H2,1,3H3. The Morgan fingerprint density at radius 1 is 1.44 bits per heavy atom. The molecule has 0 radical (unpaired) electrons. The maximum atomic E-state index is 11.3. The summed E-state index contributed by atoms with van der Waals surface area (Å²) in [4.78, 5) is 22.0. The fraction of sp³-hybridized carbons (Fsp3) is 0.308. The van der Waals surface area contributed by atoms with Gasteiger partial charge in [-0.2, -0.15) is 0 Å². The molecule has 0 bridgehead atoms. The summed E-state index contributed by atoms with van der Waals surface area (Å²) < 4.78 is 4.60. The topological polar surface area (TPSA) is 59.0 Å². The molecule has 1 aromatic carbocycles. The molecule has 0 saturated carbocycles. The van der Waals surface area contributed by atoms with Crippen LogP contribution >= 0.6 is 0 Å². The number of carbonyl (C=O) groups is 1. The number of nitrogens with zero attached hydrogens (tertiary/aromatic N) is 2. The van der Waals surface area contributed by atoms with Crippen LogP contribution in [-0.4, -0.2) is 19.6 Å². The Balaban J connectivity index is 2.99. The molecule has 0 aliphatic carbocycles. The average molecular weight is 248 g/mol. The summed E-state index contributed by atoms with van der Waals surface area (Å²) >= 11 is 0. The van der Waals surface area contributed by atoms with Crippen molar-refractivity contribution < 1.29 is 9.53 Å². The molecule has 0 atom stereocenters. The molecule has 96 valence electrons. The predicted octanol–water partition coefficient (Wildman–Crippen LogP) is 2.47. The number of methoxy groups -OCH3 is 1. The number of para-hydroxylation sites is 1. The Bertz CT molecular complexity index is 457. The van der Waals surface area contributed by atoms with Crippen molar-refractivity contribution in [3.8, 4) is 0 Å². The summed E-state index contributed by atoms with van der Waals surface area (Å²) in [6.07, 6.45) is 0.328. The van der Waals surface area contributed by atoms with Crippen molar-refractivity contribution in [3.63, 3.8) is 0 Å². The van der Waals surface area contributed by atoms with E-state index >= 15 is 0 Å². The highest BCUT2D eigenvalue weighted by Gasteiger charge is 2.13. The highest BCUT2D eigenvalue weighted by atomic mass is 16.5. The highest BCUT2D eigenvalue weighted by molar-refractivity contribution is 5.88. The number of rotatable bonds is 6. The molecule has 0 unspecified atom stereocenters. The van der Waals surface area contributed by atoms with Gasteiger partial charge >= 0.3 is 5.97 Å². The lowest BCUT2D eigenvalue weighted by Gasteiger charge is -2.17. The molecule has 5 nitrogen and oxygen atoms in total. The maximum absolute atomic E-state index is 11.3. The van der Waals surface area contributed by atoms with E-state index in [2.05, 4.69) is 16.6 Å². The molecule has 0 amide bonds. The zero-order valence-electron chi connectivity index (χ0n) is 10.5. The quantitative estimate of drug-likeness (QED) is 0.336. The van der Waals surface area contributed by atoms with Crippen LogP contribution < -0.4 is 5.01 Å². The number of esters is 1. The second kappa shape index (κ2) is 6.54. The van der Waals surface area contributed by atoms with Gasteiger partial charge in [-0.15, -0.1) is 4.91 Å². The molecule has 0 spiro atoms. The second-order valence-electron chi connectivity index (χ2n) is 3.70. The Morgan fingerprint density at radius 2 is 2.11 bits per heavy atom. The van der Waals surface area contributed by atoms with Crippen LogP contribution in [0.2, 0.25) is 0 Å². The largest absolute Gasteiger partial charge is 0.466 e. The smallest absolute Gasteiger partial charge is 0.333 e. The third-order valence-corrected chi connectivity index (χ3v) is 2.55. The molecular formula is C13H16N2O3. The van der Waals surface area contributed by atoms with Gasteiger partial charge in [0.25, 0.3) is 0 Å². The van der Waals surface area contributed by atoms with E-state index in [-0.39, 0.29) is 0 Å². The van der Waals surface area contributed by atoms with Crippen molar-refractivity contribution in [1.29, 1.82) is 0 Å². The van der Waals surface area contributed by atoms with Crippen LogP contribution in [0.3, 0.4) is 0 Å². The zero-order chi connectivity index (χ0) is 13.5. The van der Waals surface area contributed by atoms with E-state index in [1.807, 2.05) is 25.1 Å². The lowest BCUT2D eigenvalue weighted by molar-refractivity contribution is -0.136. The highest BCUT2D eigenvalue weighted by Crippen LogP contribution is 2.23. The van der Waals surface area contributed by atoms with Crippen molar-refractivity contribution in [2.75, 3.05) is 18.7 Å². The molecule has 1 aromatic rings. The molecule has 0 aliphatic heterocycles. The summed E-state index contributed by atoms with van der Waals surface area (Å²) in [6.45, 7) is 5.96. The van der Waals surface area contributed by atoms with E-state index in [1.165, 1.54) is 12.1 Å². The first-order valence-corrected chi connectivity index (χ1v) is 5.58. The first kappa shape index (κ1) is 13.9. The molecule has 0 heterocycles. The van der Waals surface area contributed by atoms with Crippen LogP contribution in [0, 0.1) is 4.91 Å².